The smallest absolute Gasteiger partial charge is 0.271 e. The van der Waals surface area contributed by atoms with Crippen LogP contribution in [0.25, 0.3) is 0 Å². The SMILES string of the molecule is O=[N+]([O-])c1ccc(Br)c(NCc2cc(Cl)ccc2O)c1. The van der Waals surface area contributed by atoms with Gasteiger partial charge in [-0.25, -0.2) is 0 Å². The van der Waals surface area contributed by atoms with Crippen molar-refractivity contribution in [3.63, 3.8) is 0 Å². The lowest BCUT2D eigenvalue weighted by Crippen LogP contribution is -2.01. The third kappa shape index (κ3) is 3.40. The van der Waals surface area contributed by atoms with Crippen LogP contribution in [0.15, 0.2) is 40.9 Å². The molecule has 7 heteroatoms. The number of aromatic hydroxyl groups is 1. The van der Waals surface area contributed by atoms with E-state index in [2.05, 4.69) is 21.2 Å². The first-order valence-electron chi connectivity index (χ1n) is 5.62. The Morgan fingerprint density at radius 1 is 1.30 bits per heavy atom. The highest BCUT2D eigenvalue weighted by molar-refractivity contribution is 9.10. The summed E-state index contributed by atoms with van der Waals surface area (Å²) in [6.07, 6.45) is 0. The molecule has 0 unspecified atom stereocenters. The maximum absolute atomic E-state index is 10.7. The van der Waals surface area contributed by atoms with E-state index in [9.17, 15) is 15.2 Å². The number of hydrogen-bond acceptors (Lipinski definition) is 4. The minimum atomic E-state index is -0.464. The number of phenolic OH excluding ortho intramolecular Hbond substituents is 1. The molecule has 104 valence electrons. The van der Waals surface area contributed by atoms with E-state index in [0.29, 0.717) is 27.3 Å². The second-order valence-electron chi connectivity index (χ2n) is 4.05. The Morgan fingerprint density at radius 3 is 2.75 bits per heavy atom. The molecule has 0 aliphatic rings. The van der Waals surface area contributed by atoms with Gasteiger partial charge >= 0.3 is 0 Å². The summed E-state index contributed by atoms with van der Waals surface area (Å²) in [5.41, 5.74) is 1.17. The Bertz CT molecular complexity index is 664. The molecule has 2 rings (SSSR count). The molecular weight excluding hydrogens is 348 g/mol. The van der Waals surface area contributed by atoms with E-state index in [-0.39, 0.29) is 11.4 Å². The highest BCUT2D eigenvalue weighted by Gasteiger charge is 2.10. The zero-order chi connectivity index (χ0) is 14.7. The molecule has 0 spiro atoms. The third-order valence-corrected chi connectivity index (χ3v) is 3.60. The van der Waals surface area contributed by atoms with Gasteiger partial charge in [0.05, 0.1) is 10.6 Å². The lowest BCUT2D eigenvalue weighted by Gasteiger charge is -2.10. The number of benzene rings is 2. The summed E-state index contributed by atoms with van der Waals surface area (Å²) in [6, 6.07) is 9.15. The van der Waals surface area contributed by atoms with Crippen LogP contribution in [0.1, 0.15) is 5.56 Å². The number of nitro benzene ring substituents is 1. The van der Waals surface area contributed by atoms with Crippen LogP contribution < -0.4 is 5.32 Å². The lowest BCUT2D eigenvalue weighted by molar-refractivity contribution is -0.384. The zero-order valence-corrected chi connectivity index (χ0v) is 12.5. The Balaban J connectivity index is 2.20. The Morgan fingerprint density at radius 2 is 2.05 bits per heavy atom. The van der Waals surface area contributed by atoms with E-state index >= 15 is 0 Å². The fourth-order valence-electron chi connectivity index (χ4n) is 1.65. The number of nitrogens with one attached hydrogen (secondary N) is 1. The van der Waals surface area contributed by atoms with Gasteiger partial charge < -0.3 is 10.4 Å². The predicted octanol–water partition coefficient (Wildman–Crippen LogP) is 4.33. The molecule has 2 N–H and O–H groups in total. The van der Waals surface area contributed by atoms with Crippen molar-refractivity contribution in [2.24, 2.45) is 0 Å². The van der Waals surface area contributed by atoms with E-state index in [1.165, 1.54) is 18.2 Å². The second kappa shape index (κ2) is 6.11. The van der Waals surface area contributed by atoms with E-state index in [1.54, 1.807) is 18.2 Å². The Kier molecular flexibility index (Phi) is 4.46. The van der Waals surface area contributed by atoms with Crippen molar-refractivity contribution in [2.75, 3.05) is 5.32 Å². The zero-order valence-electron chi connectivity index (χ0n) is 10.1. The minimum Gasteiger partial charge on any atom is -0.508 e. The first kappa shape index (κ1) is 14.6. The van der Waals surface area contributed by atoms with Crippen molar-refractivity contribution < 1.29 is 10.0 Å². The van der Waals surface area contributed by atoms with Crippen LogP contribution in [0.2, 0.25) is 5.02 Å². The van der Waals surface area contributed by atoms with E-state index < -0.39 is 4.92 Å². The van der Waals surface area contributed by atoms with Crippen LogP contribution in [0, 0.1) is 10.1 Å². The molecule has 2 aromatic carbocycles. The standard InChI is InChI=1S/C13H10BrClN2O3/c14-11-3-2-10(17(19)20)6-12(11)16-7-8-5-9(15)1-4-13(8)18/h1-6,16,18H,7H2. The fourth-order valence-corrected chi connectivity index (χ4v) is 2.23. The van der Waals surface area contributed by atoms with Gasteiger partial charge in [-0.05, 0) is 40.2 Å². The maximum atomic E-state index is 10.7. The molecule has 0 radical (unpaired) electrons. The van der Waals surface area contributed by atoms with Gasteiger partial charge in [0.1, 0.15) is 5.75 Å². The monoisotopic (exact) mass is 356 g/mol. The van der Waals surface area contributed by atoms with Crippen LogP contribution in [-0.2, 0) is 6.54 Å². The molecule has 0 saturated heterocycles. The number of nitrogens with zero attached hydrogens (tertiary/aromatic N) is 1. The number of phenols is 1. The minimum absolute atomic E-state index is 0.00832. The summed E-state index contributed by atoms with van der Waals surface area (Å²) < 4.78 is 0.699. The number of halogens is 2. The largest absolute Gasteiger partial charge is 0.508 e. The van der Waals surface area contributed by atoms with Gasteiger partial charge in [0, 0.05) is 33.7 Å². The number of anilines is 1. The quantitative estimate of drug-likeness (QED) is 0.631. The molecule has 20 heavy (non-hydrogen) atoms. The normalized spacial score (nSPS) is 10.3. The summed E-state index contributed by atoms with van der Waals surface area (Å²) in [6.45, 7) is 0.298. The molecule has 0 heterocycles. The molecule has 0 saturated carbocycles. The van der Waals surface area contributed by atoms with Crippen LogP contribution in [0.5, 0.6) is 5.75 Å². The van der Waals surface area contributed by atoms with E-state index in [0.717, 1.165) is 0 Å². The molecule has 0 atom stereocenters. The fraction of sp³-hybridized carbons (Fsp3) is 0.0769. The van der Waals surface area contributed by atoms with Crippen molar-refractivity contribution in [1.29, 1.82) is 0 Å². The van der Waals surface area contributed by atoms with Crippen molar-refractivity contribution in [2.45, 2.75) is 6.54 Å². The summed E-state index contributed by atoms with van der Waals surface area (Å²) >= 11 is 9.17. The van der Waals surface area contributed by atoms with Crippen LogP contribution in [0.4, 0.5) is 11.4 Å². The number of hydrogen-bond donors (Lipinski definition) is 2. The van der Waals surface area contributed by atoms with Crippen molar-refractivity contribution >= 4 is 38.9 Å². The highest BCUT2D eigenvalue weighted by Crippen LogP contribution is 2.29. The first-order valence-corrected chi connectivity index (χ1v) is 6.79. The molecule has 0 aliphatic carbocycles. The van der Waals surface area contributed by atoms with Crippen molar-refractivity contribution in [3.05, 3.63) is 61.6 Å². The molecule has 0 amide bonds. The highest BCUT2D eigenvalue weighted by atomic mass is 79.9. The molecular formula is C13H10BrClN2O3. The van der Waals surface area contributed by atoms with E-state index in [1.807, 2.05) is 0 Å². The molecule has 5 nitrogen and oxygen atoms in total. The van der Waals surface area contributed by atoms with E-state index in [4.69, 9.17) is 11.6 Å². The Hall–Kier alpha value is -1.79. The number of rotatable bonds is 4. The summed E-state index contributed by atoms with van der Waals surface area (Å²) in [4.78, 5) is 10.3. The van der Waals surface area contributed by atoms with Gasteiger partial charge in [-0.3, -0.25) is 10.1 Å². The maximum Gasteiger partial charge on any atom is 0.271 e. The predicted molar refractivity (Wildman–Crippen MR) is 81.2 cm³/mol. The molecule has 0 aromatic heterocycles. The summed E-state index contributed by atoms with van der Waals surface area (Å²) in [5, 5.41) is 24.0. The summed E-state index contributed by atoms with van der Waals surface area (Å²) in [7, 11) is 0. The first-order chi connectivity index (χ1) is 9.47. The van der Waals surface area contributed by atoms with Crippen LogP contribution in [-0.4, -0.2) is 10.0 Å². The topological polar surface area (TPSA) is 75.4 Å². The average molecular weight is 358 g/mol. The van der Waals surface area contributed by atoms with Crippen LogP contribution in [0.3, 0.4) is 0 Å². The van der Waals surface area contributed by atoms with Gasteiger partial charge in [0.15, 0.2) is 0 Å². The molecule has 0 fully saturated rings. The van der Waals surface area contributed by atoms with Crippen LogP contribution >= 0.6 is 27.5 Å². The van der Waals surface area contributed by atoms with Gasteiger partial charge in [0.2, 0.25) is 0 Å². The number of non-ortho nitro benzene ring substituents is 1. The Labute approximate surface area is 128 Å². The van der Waals surface area contributed by atoms with Gasteiger partial charge in [-0.15, -0.1) is 0 Å². The lowest BCUT2D eigenvalue weighted by atomic mass is 10.2. The second-order valence-corrected chi connectivity index (χ2v) is 5.34. The summed E-state index contributed by atoms with van der Waals surface area (Å²) in [5.74, 6) is 0.114. The molecule has 0 aliphatic heterocycles. The van der Waals surface area contributed by atoms with Gasteiger partial charge in [0.25, 0.3) is 5.69 Å². The molecule has 0 bridgehead atoms. The van der Waals surface area contributed by atoms with Gasteiger partial charge in [-0.1, -0.05) is 11.6 Å². The van der Waals surface area contributed by atoms with Crippen molar-refractivity contribution in [3.8, 4) is 5.75 Å². The molecule has 2 aromatic rings. The van der Waals surface area contributed by atoms with Crippen molar-refractivity contribution in [1.82, 2.24) is 0 Å². The van der Waals surface area contributed by atoms with Gasteiger partial charge in [-0.2, -0.15) is 0 Å². The number of nitro groups is 1. The average Bonchev–Trinajstić information content (AvgIpc) is 2.41. The third-order valence-electron chi connectivity index (χ3n) is 2.67.